The number of carbonyl (C=O) groups is 2. The number of hydrogen-bond acceptors (Lipinski definition) is 6. The van der Waals surface area contributed by atoms with Crippen LogP contribution >= 0.6 is 0 Å². The summed E-state index contributed by atoms with van der Waals surface area (Å²) < 4.78 is 0. The molecule has 2 aliphatic rings. The van der Waals surface area contributed by atoms with Gasteiger partial charge >= 0.3 is 0 Å². The molecule has 0 spiro atoms. The number of rotatable bonds is 4. The highest BCUT2D eigenvalue weighted by molar-refractivity contribution is 6.03. The van der Waals surface area contributed by atoms with E-state index in [1.165, 1.54) is 6.33 Å². The van der Waals surface area contributed by atoms with Gasteiger partial charge < -0.3 is 20.1 Å². The molecule has 4 heterocycles. The van der Waals surface area contributed by atoms with E-state index >= 15 is 0 Å². The lowest BCUT2D eigenvalue weighted by Crippen LogP contribution is -2.49. The summed E-state index contributed by atoms with van der Waals surface area (Å²) in [5.41, 5.74) is 3.31. The second kappa shape index (κ2) is 7.16. The van der Waals surface area contributed by atoms with E-state index in [4.69, 9.17) is 0 Å². The fourth-order valence-electron chi connectivity index (χ4n) is 4.15. The van der Waals surface area contributed by atoms with Crippen LogP contribution in [0.3, 0.4) is 0 Å². The fourth-order valence-corrected chi connectivity index (χ4v) is 4.15. The molecule has 0 bridgehead atoms. The molecule has 0 radical (unpaired) electrons. The summed E-state index contributed by atoms with van der Waals surface area (Å²) in [5, 5.41) is 2.90. The predicted octanol–water partition coefficient (Wildman–Crippen LogP) is 1.52. The number of nitrogens with one attached hydrogen (secondary N) is 2. The SMILES string of the molecule is O=C1Nc2ccccc2C1CCC(=O)N1CCN(c2ncnc3nc[nH]c23)CC1. The van der Waals surface area contributed by atoms with Crippen molar-refractivity contribution in [2.45, 2.75) is 18.8 Å². The number of H-pyrrole nitrogens is 1. The van der Waals surface area contributed by atoms with Crippen LogP contribution in [0.15, 0.2) is 36.9 Å². The molecule has 1 unspecified atom stereocenters. The van der Waals surface area contributed by atoms with Gasteiger partial charge in [-0.2, -0.15) is 0 Å². The number of hydrogen-bond donors (Lipinski definition) is 2. The molecule has 1 saturated heterocycles. The van der Waals surface area contributed by atoms with Crippen molar-refractivity contribution >= 4 is 34.5 Å². The first-order valence-electron chi connectivity index (χ1n) is 9.77. The first kappa shape index (κ1) is 17.6. The summed E-state index contributed by atoms with van der Waals surface area (Å²) in [5.74, 6) is 0.650. The van der Waals surface area contributed by atoms with E-state index in [2.05, 4.69) is 30.2 Å². The Morgan fingerprint density at radius 2 is 1.93 bits per heavy atom. The van der Waals surface area contributed by atoms with Crippen LogP contribution in [0.1, 0.15) is 24.3 Å². The molecule has 9 nitrogen and oxygen atoms in total. The molecule has 2 amide bonds. The lowest BCUT2D eigenvalue weighted by Gasteiger charge is -2.35. The van der Waals surface area contributed by atoms with Crippen LogP contribution in [0.5, 0.6) is 0 Å². The van der Waals surface area contributed by atoms with Gasteiger partial charge in [-0.15, -0.1) is 0 Å². The van der Waals surface area contributed by atoms with Gasteiger partial charge in [-0.1, -0.05) is 18.2 Å². The molecule has 148 valence electrons. The van der Waals surface area contributed by atoms with E-state index in [0.717, 1.165) is 22.6 Å². The molecule has 1 fully saturated rings. The Labute approximate surface area is 167 Å². The zero-order valence-electron chi connectivity index (χ0n) is 15.8. The van der Waals surface area contributed by atoms with Gasteiger partial charge in [-0.25, -0.2) is 15.0 Å². The van der Waals surface area contributed by atoms with Gasteiger partial charge in [0.05, 0.1) is 12.2 Å². The van der Waals surface area contributed by atoms with Crippen molar-refractivity contribution < 1.29 is 9.59 Å². The molecule has 5 rings (SSSR count). The Hall–Kier alpha value is -3.49. The predicted molar refractivity (Wildman–Crippen MR) is 108 cm³/mol. The lowest BCUT2D eigenvalue weighted by atomic mass is 9.95. The minimum Gasteiger partial charge on any atom is -0.351 e. The Morgan fingerprint density at radius 3 is 2.79 bits per heavy atom. The zero-order valence-corrected chi connectivity index (χ0v) is 15.8. The van der Waals surface area contributed by atoms with Gasteiger partial charge in [0.1, 0.15) is 11.8 Å². The quantitative estimate of drug-likeness (QED) is 0.698. The number of imidazole rings is 1. The van der Waals surface area contributed by atoms with Crippen molar-refractivity contribution in [2.24, 2.45) is 0 Å². The Balaban J connectivity index is 1.19. The van der Waals surface area contributed by atoms with Crippen LogP contribution in [-0.4, -0.2) is 62.8 Å². The molecule has 0 saturated carbocycles. The minimum absolute atomic E-state index is 0.0174. The molecule has 0 aliphatic carbocycles. The largest absolute Gasteiger partial charge is 0.351 e. The highest BCUT2D eigenvalue weighted by Gasteiger charge is 2.31. The average molecular weight is 391 g/mol. The number of amides is 2. The van der Waals surface area contributed by atoms with Gasteiger partial charge in [-0.05, 0) is 18.1 Å². The van der Waals surface area contributed by atoms with Gasteiger partial charge in [0.15, 0.2) is 11.5 Å². The number of carbonyl (C=O) groups excluding carboxylic acids is 2. The first-order chi connectivity index (χ1) is 14.2. The molecule has 2 N–H and O–H groups in total. The lowest BCUT2D eigenvalue weighted by molar-refractivity contribution is -0.131. The molecule has 2 aliphatic heterocycles. The smallest absolute Gasteiger partial charge is 0.232 e. The molecule has 29 heavy (non-hydrogen) atoms. The molecule has 9 heteroatoms. The average Bonchev–Trinajstić information content (AvgIpc) is 3.35. The van der Waals surface area contributed by atoms with E-state index in [-0.39, 0.29) is 17.7 Å². The number of aromatic amines is 1. The van der Waals surface area contributed by atoms with Crippen LogP contribution in [0, 0.1) is 0 Å². The Kier molecular flexibility index (Phi) is 4.34. The van der Waals surface area contributed by atoms with Gasteiger partial charge in [0.25, 0.3) is 0 Å². The summed E-state index contributed by atoms with van der Waals surface area (Å²) in [6.45, 7) is 2.66. The van der Waals surface area contributed by atoms with Crippen LogP contribution < -0.4 is 10.2 Å². The first-order valence-corrected chi connectivity index (χ1v) is 9.77. The van der Waals surface area contributed by atoms with Crippen LogP contribution in [0.4, 0.5) is 11.5 Å². The van der Waals surface area contributed by atoms with Crippen LogP contribution in [-0.2, 0) is 9.59 Å². The third-order valence-corrected chi connectivity index (χ3v) is 5.69. The highest BCUT2D eigenvalue weighted by atomic mass is 16.2. The molecular formula is C20H21N7O2. The monoisotopic (exact) mass is 391 g/mol. The van der Waals surface area contributed by atoms with Gasteiger partial charge in [0.2, 0.25) is 11.8 Å². The summed E-state index contributed by atoms with van der Waals surface area (Å²) in [6, 6.07) is 7.69. The van der Waals surface area contributed by atoms with Crippen molar-refractivity contribution in [3.05, 3.63) is 42.5 Å². The third-order valence-electron chi connectivity index (χ3n) is 5.69. The Morgan fingerprint density at radius 1 is 1.10 bits per heavy atom. The second-order valence-electron chi connectivity index (χ2n) is 7.33. The van der Waals surface area contributed by atoms with Crippen LogP contribution in [0.2, 0.25) is 0 Å². The summed E-state index contributed by atoms with van der Waals surface area (Å²) in [7, 11) is 0. The number of nitrogens with zero attached hydrogens (tertiary/aromatic N) is 5. The summed E-state index contributed by atoms with van der Waals surface area (Å²) >= 11 is 0. The normalized spacial score (nSPS) is 18.8. The van der Waals surface area contributed by atoms with Gasteiger partial charge in [0, 0.05) is 38.3 Å². The van der Waals surface area contributed by atoms with Crippen molar-refractivity contribution in [2.75, 3.05) is 36.4 Å². The van der Waals surface area contributed by atoms with Gasteiger partial charge in [-0.3, -0.25) is 9.59 Å². The van der Waals surface area contributed by atoms with E-state index in [1.807, 2.05) is 29.2 Å². The molecular weight excluding hydrogens is 370 g/mol. The van der Waals surface area contributed by atoms with E-state index in [0.29, 0.717) is 44.7 Å². The number of piperazine rings is 1. The van der Waals surface area contributed by atoms with Crippen molar-refractivity contribution in [3.63, 3.8) is 0 Å². The van der Waals surface area contributed by atoms with E-state index in [9.17, 15) is 9.59 Å². The third kappa shape index (κ3) is 3.18. The maximum absolute atomic E-state index is 12.7. The van der Waals surface area contributed by atoms with Crippen molar-refractivity contribution in [3.8, 4) is 0 Å². The number of para-hydroxylation sites is 1. The fraction of sp³-hybridized carbons (Fsp3) is 0.350. The second-order valence-corrected chi connectivity index (χ2v) is 7.33. The van der Waals surface area contributed by atoms with E-state index in [1.54, 1.807) is 6.33 Å². The number of fused-ring (bicyclic) bond motifs is 2. The number of anilines is 2. The van der Waals surface area contributed by atoms with Crippen molar-refractivity contribution in [1.29, 1.82) is 0 Å². The Bertz CT molecular complexity index is 1070. The zero-order chi connectivity index (χ0) is 19.8. The molecule has 1 atom stereocenters. The topological polar surface area (TPSA) is 107 Å². The number of benzene rings is 1. The summed E-state index contributed by atoms with van der Waals surface area (Å²) in [6.07, 6.45) is 4.02. The molecule has 3 aromatic rings. The van der Waals surface area contributed by atoms with E-state index < -0.39 is 0 Å². The standard InChI is InChI=1S/C20H21N7O2/c28-16(6-5-14-13-3-1-2-4-15(13)25-20(14)29)26-7-9-27(10-8-26)19-17-18(22-11-21-17)23-12-24-19/h1-4,11-12,14H,5-10H2,(H,25,29)(H,21,22,23,24). The number of aromatic nitrogens is 4. The molecule has 1 aromatic carbocycles. The van der Waals surface area contributed by atoms with Crippen molar-refractivity contribution in [1.82, 2.24) is 24.8 Å². The highest BCUT2D eigenvalue weighted by Crippen LogP contribution is 2.35. The molecule has 2 aromatic heterocycles. The maximum atomic E-state index is 12.7. The minimum atomic E-state index is -0.244. The maximum Gasteiger partial charge on any atom is 0.232 e. The summed E-state index contributed by atoms with van der Waals surface area (Å²) in [4.78, 5) is 44.8. The van der Waals surface area contributed by atoms with Crippen LogP contribution in [0.25, 0.3) is 11.2 Å².